The number of nitrogens with zero attached hydrogens (tertiary/aromatic N) is 4. The van der Waals surface area contributed by atoms with Crippen molar-refractivity contribution >= 4 is 28.0 Å². The van der Waals surface area contributed by atoms with Crippen molar-refractivity contribution in [1.29, 1.82) is 0 Å². The van der Waals surface area contributed by atoms with E-state index in [1.807, 2.05) is 17.0 Å². The van der Waals surface area contributed by atoms with Gasteiger partial charge in [-0.1, -0.05) is 0 Å². The maximum Gasteiger partial charge on any atom is 0.395 e. The minimum absolute atomic E-state index is 0.0682. The van der Waals surface area contributed by atoms with E-state index in [1.165, 1.54) is 11.3 Å². The number of aromatic nitrogens is 3. The molecule has 0 N–H and O–H groups in total. The number of thiazole rings is 1. The highest BCUT2D eigenvalue weighted by atomic mass is 32.1. The predicted molar refractivity (Wildman–Crippen MR) is 116 cm³/mol. The molecule has 3 aromatic rings. The van der Waals surface area contributed by atoms with E-state index in [4.69, 9.17) is 0 Å². The molecule has 1 aliphatic carbocycles. The first kappa shape index (κ1) is 21.5. The van der Waals surface area contributed by atoms with Gasteiger partial charge in [-0.25, -0.2) is 0 Å². The molecule has 5 nitrogen and oxygen atoms in total. The van der Waals surface area contributed by atoms with Gasteiger partial charge in [0.1, 0.15) is 5.78 Å². The lowest BCUT2D eigenvalue weighted by molar-refractivity contribution is -0.192. The van der Waals surface area contributed by atoms with Crippen LogP contribution < -0.4 is 0 Å². The topological polar surface area (TPSA) is 59.0 Å². The lowest BCUT2D eigenvalue weighted by Crippen LogP contribution is -2.43. The maximum atomic E-state index is 13.2. The molecule has 5 rings (SSSR count). The molecular formula is C23H23F3N4OS. The number of Topliss-reactive ketones (excluding diaryl/α,β-unsaturated/α-hetero) is 1. The number of alkyl halides is 3. The fourth-order valence-electron chi connectivity index (χ4n) is 4.51. The number of carbonyl (C=O) groups excluding carboxylic acids is 1. The summed E-state index contributed by atoms with van der Waals surface area (Å²) in [6, 6.07) is 3.93. The summed E-state index contributed by atoms with van der Waals surface area (Å²) in [4.78, 5) is 28.7. The van der Waals surface area contributed by atoms with Gasteiger partial charge in [0.05, 0.1) is 27.5 Å². The lowest BCUT2D eigenvalue weighted by Gasteiger charge is -2.34. The van der Waals surface area contributed by atoms with Crippen molar-refractivity contribution in [3.8, 4) is 10.4 Å². The van der Waals surface area contributed by atoms with Crippen LogP contribution in [0.15, 0.2) is 36.2 Å². The van der Waals surface area contributed by atoms with Crippen LogP contribution in [0.2, 0.25) is 0 Å². The molecule has 9 heteroatoms. The van der Waals surface area contributed by atoms with E-state index in [-0.39, 0.29) is 37.5 Å². The molecule has 0 unspecified atom stereocenters. The number of hydrogen-bond acceptors (Lipinski definition) is 6. The summed E-state index contributed by atoms with van der Waals surface area (Å²) in [5, 5.41) is 0.922. The van der Waals surface area contributed by atoms with Crippen molar-refractivity contribution in [3.05, 3.63) is 41.9 Å². The van der Waals surface area contributed by atoms with Crippen LogP contribution in [0.25, 0.3) is 21.3 Å². The Labute approximate surface area is 187 Å². The Balaban J connectivity index is 1.21. The summed E-state index contributed by atoms with van der Waals surface area (Å²) in [6.07, 6.45) is 3.04. The molecule has 32 heavy (non-hydrogen) atoms. The maximum absolute atomic E-state index is 13.2. The van der Waals surface area contributed by atoms with Crippen LogP contribution in [0, 0.1) is 11.3 Å². The Morgan fingerprint density at radius 3 is 2.56 bits per heavy atom. The number of rotatable bonds is 6. The summed E-state index contributed by atoms with van der Waals surface area (Å²) in [5.74, 6) is -0.00790. The number of pyridine rings is 2. The zero-order valence-electron chi connectivity index (χ0n) is 17.4. The summed E-state index contributed by atoms with van der Waals surface area (Å²) in [5.41, 5.74) is 2.70. The van der Waals surface area contributed by atoms with E-state index in [2.05, 4.69) is 15.0 Å². The minimum Gasteiger partial charge on any atom is -0.302 e. The van der Waals surface area contributed by atoms with E-state index in [1.54, 1.807) is 24.1 Å². The molecule has 1 aliphatic heterocycles. The van der Waals surface area contributed by atoms with Crippen LogP contribution in [0.1, 0.15) is 31.4 Å². The predicted octanol–water partition coefficient (Wildman–Crippen LogP) is 4.92. The van der Waals surface area contributed by atoms with Gasteiger partial charge in [0.2, 0.25) is 0 Å². The van der Waals surface area contributed by atoms with E-state index in [0.717, 1.165) is 21.3 Å². The second-order valence-electron chi connectivity index (χ2n) is 8.93. The number of ketones is 1. The molecule has 0 spiro atoms. The van der Waals surface area contributed by atoms with Crippen molar-refractivity contribution in [1.82, 2.24) is 19.9 Å². The standard InChI is InChI=1S/C23H23F3N4OS/c24-23(25,26)22(3-4-22)13-30-5-1-15(2-6-30)20(31)9-18-8-16-7-17(21-12-27-14-32-21)10-29-19(16)11-28-18/h7-8,10-12,14-15H,1-6,9,13H2. The van der Waals surface area contributed by atoms with Crippen molar-refractivity contribution in [2.24, 2.45) is 11.3 Å². The van der Waals surface area contributed by atoms with Crippen molar-refractivity contribution in [3.63, 3.8) is 0 Å². The minimum atomic E-state index is -4.13. The summed E-state index contributed by atoms with van der Waals surface area (Å²) >= 11 is 1.54. The van der Waals surface area contributed by atoms with Crippen LogP contribution in [0.4, 0.5) is 13.2 Å². The molecule has 1 saturated carbocycles. The van der Waals surface area contributed by atoms with Crippen molar-refractivity contribution < 1.29 is 18.0 Å². The fraction of sp³-hybridized carbons (Fsp3) is 0.478. The molecule has 0 amide bonds. The number of carbonyl (C=O) groups is 1. The second-order valence-corrected chi connectivity index (χ2v) is 9.82. The number of halogens is 3. The Bertz CT molecular complexity index is 1120. The first-order chi connectivity index (χ1) is 15.3. The SMILES string of the molecule is O=C(Cc1cc2cc(-c3cncs3)cnc2cn1)C1CCN(CC2(C(F)(F)F)CC2)CC1. The first-order valence-electron chi connectivity index (χ1n) is 10.8. The van der Waals surface area contributed by atoms with Gasteiger partial charge in [-0.3, -0.25) is 19.7 Å². The van der Waals surface area contributed by atoms with Gasteiger partial charge >= 0.3 is 6.18 Å². The molecule has 1 saturated heterocycles. The highest BCUT2D eigenvalue weighted by Crippen LogP contribution is 2.58. The molecule has 0 bridgehead atoms. The Morgan fingerprint density at radius 2 is 1.91 bits per heavy atom. The Kier molecular flexibility index (Phi) is 5.49. The van der Waals surface area contributed by atoms with Crippen LogP contribution in [-0.2, 0) is 11.2 Å². The summed E-state index contributed by atoms with van der Waals surface area (Å²) in [6.45, 7) is 1.15. The highest BCUT2D eigenvalue weighted by molar-refractivity contribution is 7.13. The zero-order valence-corrected chi connectivity index (χ0v) is 18.3. The molecule has 4 heterocycles. The van der Waals surface area contributed by atoms with Gasteiger partial charge in [-0.2, -0.15) is 13.2 Å². The quantitative estimate of drug-likeness (QED) is 0.523. The fourth-order valence-corrected chi connectivity index (χ4v) is 5.12. The number of fused-ring (bicyclic) bond motifs is 1. The van der Waals surface area contributed by atoms with Crippen LogP contribution in [-0.4, -0.2) is 51.4 Å². The van der Waals surface area contributed by atoms with Crippen molar-refractivity contribution in [2.75, 3.05) is 19.6 Å². The third-order valence-electron chi connectivity index (χ3n) is 6.72. The highest BCUT2D eigenvalue weighted by Gasteiger charge is 2.63. The Hall–Kier alpha value is -2.39. The van der Waals surface area contributed by atoms with Crippen molar-refractivity contribution in [2.45, 2.75) is 38.3 Å². The second kappa shape index (κ2) is 8.19. The Morgan fingerprint density at radius 1 is 1.12 bits per heavy atom. The molecular weight excluding hydrogens is 437 g/mol. The van der Waals surface area contributed by atoms with E-state index in [0.29, 0.717) is 31.6 Å². The molecule has 0 aromatic carbocycles. The molecule has 2 aliphatic rings. The van der Waals surface area contributed by atoms with E-state index < -0.39 is 11.6 Å². The summed E-state index contributed by atoms with van der Waals surface area (Å²) in [7, 11) is 0. The number of hydrogen-bond donors (Lipinski definition) is 0. The summed E-state index contributed by atoms with van der Waals surface area (Å²) < 4.78 is 39.7. The van der Waals surface area contributed by atoms with E-state index in [9.17, 15) is 18.0 Å². The molecule has 0 atom stereocenters. The van der Waals surface area contributed by atoms with Gasteiger partial charge in [0.15, 0.2) is 0 Å². The van der Waals surface area contributed by atoms with Gasteiger partial charge in [-0.15, -0.1) is 11.3 Å². The monoisotopic (exact) mass is 460 g/mol. The normalized spacial score (nSPS) is 19.3. The average molecular weight is 461 g/mol. The molecule has 168 valence electrons. The molecule has 0 radical (unpaired) electrons. The van der Waals surface area contributed by atoms with Crippen LogP contribution in [0.5, 0.6) is 0 Å². The van der Waals surface area contributed by atoms with Gasteiger partial charge in [-0.05, 0) is 50.9 Å². The lowest BCUT2D eigenvalue weighted by atomic mass is 9.89. The number of likely N-dealkylation sites (tertiary alicyclic amines) is 1. The first-order valence-corrected chi connectivity index (χ1v) is 11.7. The van der Waals surface area contributed by atoms with Gasteiger partial charge in [0, 0.05) is 47.9 Å². The molecule has 3 aromatic heterocycles. The van der Waals surface area contributed by atoms with Crippen LogP contribution >= 0.6 is 11.3 Å². The average Bonchev–Trinajstić information content (AvgIpc) is 3.36. The third-order valence-corrected chi connectivity index (χ3v) is 7.54. The van der Waals surface area contributed by atoms with Gasteiger partial charge < -0.3 is 4.90 Å². The molecule has 2 fully saturated rings. The smallest absolute Gasteiger partial charge is 0.302 e. The van der Waals surface area contributed by atoms with Gasteiger partial charge in [0.25, 0.3) is 0 Å². The van der Waals surface area contributed by atoms with Crippen LogP contribution in [0.3, 0.4) is 0 Å². The third kappa shape index (κ3) is 4.28. The van der Waals surface area contributed by atoms with E-state index >= 15 is 0 Å². The zero-order chi connectivity index (χ0) is 22.3. The number of piperidine rings is 1. The largest absolute Gasteiger partial charge is 0.395 e.